The van der Waals surface area contributed by atoms with Crippen molar-refractivity contribution in [3.05, 3.63) is 69.9 Å². The zero-order valence-corrected chi connectivity index (χ0v) is 12.1. The molecular formula is C18H17NO2. The van der Waals surface area contributed by atoms with Gasteiger partial charge in [-0.25, -0.2) is 0 Å². The van der Waals surface area contributed by atoms with Gasteiger partial charge >= 0.3 is 0 Å². The van der Waals surface area contributed by atoms with Crippen LogP contribution in [0.25, 0.3) is 22.3 Å². The predicted octanol–water partition coefficient (Wildman–Crippen LogP) is 3.79. The lowest BCUT2D eigenvalue weighted by molar-refractivity contribution is 0.608. The van der Waals surface area contributed by atoms with E-state index in [9.17, 15) is 4.79 Å². The summed E-state index contributed by atoms with van der Waals surface area (Å²) in [5.74, 6) is 0.568. The fourth-order valence-electron chi connectivity index (χ4n) is 2.52. The molecular weight excluding hydrogens is 262 g/mol. The van der Waals surface area contributed by atoms with Crippen molar-refractivity contribution in [2.24, 2.45) is 5.73 Å². The molecule has 1 heterocycles. The Morgan fingerprint density at radius 3 is 2.48 bits per heavy atom. The summed E-state index contributed by atoms with van der Waals surface area (Å²) < 4.78 is 6.00. The van der Waals surface area contributed by atoms with Crippen molar-refractivity contribution in [1.82, 2.24) is 0 Å². The predicted molar refractivity (Wildman–Crippen MR) is 85.3 cm³/mol. The summed E-state index contributed by atoms with van der Waals surface area (Å²) in [6.45, 7) is 3.85. The highest BCUT2D eigenvalue weighted by atomic mass is 16.3. The van der Waals surface area contributed by atoms with E-state index < -0.39 is 0 Å². The molecule has 1 aromatic heterocycles. The largest absolute Gasteiger partial charge is 0.455 e. The molecule has 1 unspecified atom stereocenters. The topological polar surface area (TPSA) is 56.2 Å². The first-order valence-corrected chi connectivity index (χ1v) is 6.95. The monoisotopic (exact) mass is 279 g/mol. The Morgan fingerprint density at radius 2 is 1.81 bits per heavy atom. The molecule has 3 aromatic rings. The molecule has 3 heteroatoms. The maximum Gasteiger partial charge on any atom is 0.193 e. The molecule has 0 saturated heterocycles. The van der Waals surface area contributed by atoms with Crippen molar-refractivity contribution < 1.29 is 4.42 Å². The van der Waals surface area contributed by atoms with E-state index in [1.54, 1.807) is 6.07 Å². The minimum atomic E-state index is -0.193. The molecule has 0 amide bonds. The van der Waals surface area contributed by atoms with Gasteiger partial charge in [-0.3, -0.25) is 4.79 Å². The first-order chi connectivity index (χ1) is 10.1. The number of hydrogen-bond acceptors (Lipinski definition) is 3. The van der Waals surface area contributed by atoms with Gasteiger partial charge in [0, 0.05) is 23.2 Å². The van der Waals surface area contributed by atoms with Gasteiger partial charge in [0.05, 0.1) is 5.39 Å². The summed E-state index contributed by atoms with van der Waals surface area (Å²) in [6.07, 6.45) is 0. The first-order valence-electron chi connectivity index (χ1n) is 6.95. The molecule has 0 aliphatic rings. The molecule has 2 N–H and O–H groups in total. The van der Waals surface area contributed by atoms with Gasteiger partial charge in [0.2, 0.25) is 0 Å². The summed E-state index contributed by atoms with van der Waals surface area (Å²) >= 11 is 0. The van der Waals surface area contributed by atoms with Gasteiger partial charge in [0.15, 0.2) is 5.43 Å². The quantitative estimate of drug-likeness (QED) is 0.776. The molecule has 2 aromatic carbocycles. The summed E-state index contributed by atoms with van der Waals surface area (Å²) in [6, 6.07) is 14.8. The van der Waals surface area contributed by atoms with Gasteiger partial charge in [-0.05, 0) is 25.5 Å². The second-order valence-corrected chi connectivity index (χ2v) is 5.36. The van der Waals surface area contributed by atoms with Crippen LogP contribution in [0.4, 0.5) is 0 Å². The van der Waals surface area contributed by atoms with Crippen LogP contribution in [0.1, 0.15) is 24.1 Å². The molecule has 0 radical (unpaired) electrons. The minimum Gasteiger partial charge on any atom is -0.455 e. The normalized spacial score (nSPS) is 12.5. The van der Waals surface area contributed by atoms with Gasteiger partial charge in [0.1, 0.15) is 11.3 Å². The van der Waals surface area contributed by atoms with Crippen LogP contribution in [0, 0.1) is 6.92 Å². The third-order valence-electron chi connectivity index (χ3n) is 3.55. The van der Waals surface area contributed by atoms with Crippen LogP contribution in [0.5, 0.6) is 0 Å². The maximum atomic E-state index is 12.4. The van der Waals surface area contributed by atoms with Gasteiger partial charge in [0.25, 0.3) is 0 Å². The highest BCUT2D eigenvalue weighted by molar-refractivity contribution is 5.82. The molecule has 21 heavy (non-hydrogen) atoms. The number of rotatable bonds is 2. The Balaban J connectivity index is 2.35. The smallest absolute Gasteiger partial charge is 0.193 e. The highest BCUT2D eigenvalue weighted by Gasteiger charge is 2.13. The van der Waals surface area contributed by atoms with Crippen molar-refractivity contribution in [2.75, 3.05) is 0 Å². The molecule has 1 atom stereocenters. The molecule has 0 bridgehead atoms. The molecule has 3 nitrogen and oxygen atoms in total. The van der Waals surface area contributed by atoms with E-state index in [2.05, 4.69) is 0 Å². The summed E-state index contributed by atoms with van der Waals surface area (Å²) in [5.41, 5.74) is 9.32. The lowest BCUT2D eigenvalue weighted by atomic mass is 10.0. The second-order valence-electron chi connectivity index (χ2n) is 5.36. The molecule has 0 aliphatic carbocycles. The third-order valence-corrected chi connectivity index (χ3v) is 3.55. The highest BCUT2D eigenvalue weighted by Crippen LogP contribution is 2.27. The average Bonchev–Trinajstić information content (AvgIpc) is 2.48. The zero-order valence-electron chi connectivity index (χ0n) is 12.1. The van der Waals surface area contributed by atoms with E-state index in [0.29, 0.717) is 16.7 Å². The average molecular weight is 279 g/mol. The van der Waals surface area contributed by atoms with Gasteiger partial charge in [-0.1, -0.05) is 36.4 Å². The van der Waals surface area contributed by atoms with Gasteiger partial charge in [-0.2, -0.15) is 0 Å². The van der Waals surface area contributed by atoms with Crippen LogP contribution in [0.15, 0.2) is 57.7 Å². The minimum absolute atomic E-state index is 0.0410. The Labute approximate surface area is 123 Å². The van der Waals surface area contributed by atoms with E-state index in [1.807, 2.05) is 56.3 Å². The lowest BCUT2D eigenvalue weighted by Gasteiger charge is -2.11. The number of benzene rings is 2. The fourth-order valence-corrected chi connectivity index (χ4v) is 2.52. The van der Waals surface area contributed by atoms with Crippen LogP contribution in [0.2, 0.25) is 0 Å². The van der Waals surface area contributed by atoms with E-state index in [-0.39, 0.29) is 11.5 Å². The summed E-state index contributed by atoms with van der Waals surface area (Å²) in [5, 5.41) is 0.585. The Hall–Kier alpha value is -2.39. The lowest BCUT2D eigenvalue weighted by Crippen LogP contribution is -2.09. The second kappa shape index (κ2) is 5.19. The first kappa shape index (κ1) is 13.6. The van der Waals surface area contributed by atoms with E-state index in [0.717, 1.165) is 16.7 Å². The SMILES string of the molecule is Cc1cc(C(C)N)c2oc(-c3ccccc3)cc(=O)c2c1. The van der Waals surface area contributed by atoms with E-state index >= 15 is 0 Å². The number of aryl methyl sites for hydroxylation is 1. The molecule has 0 spiro atoms. The molecule has 0 saturated carbocycles. The van der Waals surface area contributed by atoms with Crippen LogP contribution in [0.3, 0.4) is 0 Å². The van der Waals surface area contributed by atoms with E-state index in [1.165, 1.54) is 0 Å². The van der Waals surface area contributed by atoms with Gasteiger partial charge < -0.3 is 10.2 Å². The van der Waals surface area contributed by atoms with Crippen LogP contribution in [-0.4, -0.2) is 0 Å². The Kier molecular flexibility index (Phi) is 3.35. The molecule has 0 aliphatic heterocycles. The number of fused-ring (bicyclic) bond motifs is 1. The number of nitrogens with two attached hydrogens (primary N) is 1. The van der Waals surface area contributed by atoms with Crippen molar-refractivity contribution in [2.45, 2.75) is 19.9 Å². The Morgan fingerprint density at radius 1 is 1.10 bits per heavy atom. The zero-order chi connectivity index (χ0) is 15.0. The van der Waals surface area contributed by atoms with Crippen LogP contribution >= 0.6 is 0 Å². The molecule has 0 fully saturated rings. The summed E-state index contributed by atoms with van der Waals surface area (Å²) in [7, 11) is 0. The van der Waals surface area contributed by atoms with Gasteiger partial charge in [-0.15, -0.1) is 0 Å². The van der Waals surface area contributed by atoms with Crippen molar-refractivity contribution in [1.29, 1.82) is 0 Å². The fraction of sp³-hybridized carbons (Fsp3) is 0.167. The van der Waals surface area contributed by atoms with Crippen LogP contribution < -0.4 is 11.2 Å². The van der Waals surface area contributed by atoms with Crippen molar-refractivity contribution in [3.63, 3.8) is 0 Å². The third kappa shape index (κ3) is 2.48. The molecule has 106 valence electrons. The molecule has 3 rings (SSSR count). The van der Waals surface area contributed by atoms with Crippen molar-refractivity contribution >= 4 is 11.0 Å². The summed E-state index contributed by atoms with van der Waals surface area (Å²) in [4.78, 5) is 12.4. The number of hydrogen-bond donors (Lipinski definition) is 1. The van der Waals surface area contributed by atoms with E-state index in [4.69, 9.17) is 10.2 Å². The Bertz CT molecular complexity index is 848. The maximum absolute atomic E-state index is 12.4. The van der Waals surface area contributed by atoms with Crippen molar-refractivity contribution in [3.8, 4) is 11.3 Å². The standard InChI is InChI=1S/C18H17NO2/c1-11-8-14(12(2)19)18-15(9-11)16(20)10-17(21-18)13-6-4-3-5-7-13/h3-10,12H,19H2,1-2H3. The van der Waals surface area contributed by atoms with Crippen LogP contribution in [-0.2, 0) is 0 Å².